The maximum Gasteiger partial charge on any atom is 0.269 e. The maximum atomic E-state index is 11.7. The number of pyridine rings is 1. The molecule has 4 rings (SSSR count). The largest absolute Gasteiger partial charge is 0.457 e. The van der Waals surface area contributed by atoms with E-state index >= 15 is 0 Å². The van der Waals surface area contributed by atoms with E-state index in [2.05, 4.69) is 20.6 Å². The lowest BCUT2D eigenvalue weighted by Crippen LogP contribution is -2.36. The topological polar surface area (TPSA) is 96.4 Å². The number of aliphatic hydroxyl groups excluding tert-OH is 1. The van der Waals surface area contributed by atoms with E-state index < -0.39 is 0 Å². The Balaban J connectivity index is 0.00000240. The number of hydrogen-bond acceptors (Lipinski definition) is 7. The Morgan fingerprint density at radius 2 is 2.00 bits per heavy atom. The molecular formula is C21H26N4O3S. The normalized spacial score (nSPS) is 18.7. The number of nitrogens with zero attached hydrogens (tertiary/aromatic N) is 2. The number of nitrogens with one attached hydrogen (secondary N) is 2. The molecule has 1 amide bonds. The van der Waals surface area contributed by atoms with Gasteiger partial charge in [0, 0.05) is 25.4 Å². The summed E-state index contributed by atoms with van der Waals surface area (Å²) in [7, 11) is 1.56. The summed E-state index contributed by atoms with van der Waals surface area (Å²) in [6.07, 6.45) is 5.23. The molecule has 0 spiro atoms. The number of thiazole rings is 1. The second-order valence-corrected chi connectivity index (χ2v) is 7.84. The van der Waals surface area contributed by atoms with Crippen molar-refractivity contribution in [1.82, 2.24) is 15.3 Å². The Morgan fingerprint density at radius 3 is 2.79 bits per heavy atom. The van der Waals surface area contributed by atoms with Gasteiger partial charge in [0.2, 0.25) is 0 Å². The Kier molecular flexibility index (Phi) is 6.66. The Labute approximate surface area is 174 Å². The van der Waals surface area contributed by atoms with Crippen LogP contribution in [0.2, 0.25) is 0 Å². The number of amides is 1. The van der Waals surface area contributed by atoms with Gasteiger partial charge in [0.05, 0.1) is 22.4 Å². The highest BCUT2D eigenvalue weighted by molar-refractivity contribution is 7.22. The summed E-state index contributed by atoms with van der Waals surface area (Å²) in [4.78, 5) is 20.4. The van der Waals surface area contributed by atoms with E-state index in [-0.39, 0.29) is 25.5 Å². The van der Waals surface area contributed by atoms with Crippen molar-refractivity contribution in [1.29, 1.82) is 0 Å². The first-order valence-corrected chi connectivity index (χ1v) is 10.2. The summed E-state index contributed by atoms with van der Waals surface area (Å²) < 4.78 is 6.89. The fourth-order valence-electron chi connectivity index (χ4n) is 3.33. The highest BCUT2D eigenvalue weighted by Gasteiger charge is 2.23. The van der Waals surface area contributed by atoms with Gasteiger partial charge in [-0.1, -0.05) is 31.6 Å². The number of carbonyl (C=O) groups is 1. The van der Waals surface area contributed by atoms with Gasteiger partial charge in [-0.2, -0.15) is 0 Å². The van der Waals surface area contributed by atoms with Crippen molar-refractivity contribution < 1.29 is 14.6 Å². The zero-order chi connectivity index (χ0) is 19.5. The van der Waals surface area contributed by atoms with Gasteiger partial charge in [-0.25, -0.2) is 4.98 Å². The van der Waals surface area contributed by atoms with Crippen LogP contribution < -0.4 is 15.4 Å². The van der Waals surface area contributed by atoms with E-state index in [0.29, 0.717) is 17.2 Å². The number of hydrogen-bond donors (Lipinski definition) is 3. The average molecular weight is 415 g/mol. The van der Waals surface area contributed by atoms with Crippen molar-refractivity contribution >= 4 is 32.6 Å². The molecule has 0 unspecified atom stereocenters. The van der Waals surface area contributed by atoms with Crippen LogP contribution in [0.4, 0.5) is 5.13 Å². The number of carbonyl (C=O) groups excluding carboxylic acids is 1. The number of aromatic nitrogens is 2. The van der Waals surface area contributed by atoms with Crippen molar-refractivity contribution in [3.63, 3.8) is 0 Å². The van der Waals surface area contributed by atoms with Gasteiger partial charge in [0.25, 0.3) is 5.91 Å². The second-order valence-electron chi connectivity index (χ2n) is 6.81. The van der Waals surface area contributed by atoms with Crippen LogP contribution in [-0.2, 0) is 0 Å². The van der Waals surface area contributed by atoms with Crippen LogP contribution >= 0.6 is 11.3 Å². The molecule has 1 aromatic carbocycles. The Bertz CT molecular complexity index is 991. The Hall–Kier alpha value is -2.71. The monoisotopic (exact) mass is 414 g/mol. The summed E-state index contributed by atoms with van der Waals surface area (Å²) in [6, 6.07) is 9.06. The van der Waals surface area contributed by atoms with E-state index in [1.807, 2.05) is 18.2 Å². The average Bonchev–Trinajstić information content (AvgIpc) is 3.11. The summed E-state index contributed by atoms with van der Waals surface area (Å²) in [5, 5.41) is 16.9. The molecule has 0 saturated heterocycles. The molecule has 0 aliphatic heterocycles. The van der Waals surface area contributed by atoms with Crippen LogP contribution in [0.15, 0.2) is 36.5 Å². The fraction of sp³-hybridized carbons (Fsp3) is 0.381. The van der Waals surface area contributed by atoms with E-state index in [0.717, 1.165) is 41.0 Å². The van der Waals surface area contributed by atoms with Crippen molar-refractivity contribution in [3.8, 4) is 11.5 Å². The Morgan fingerprint density at radius 1 is 1.21 bits per heavy atom. The van der Waals surface area contributed by atoms with Gasteiger partial charge >= 0.3 is 0 Å². The van der Waals surface area contributed by atoms with Crippen molar-refractivity contribution in [2.24, 2.45) is 0 Å². The van der Waals surface area contributed by atoms with Gasteiger partial charge < -0.3 is 20.5 Å². The minimum Gasteiger partial charge on any atom is -0.457 e. The molecule has 1 saturated carbocycles. The molecule has 1 aliphatic carbocycles. The van der Waals surface area contributed by atoms with Gasteiger partial charge in [-0.3, -0.25) is 9.78 Å². The number of benzene rings is 1. The van der Waals surface area contributed by atoms with Crippen LogP contribution in [0.1, 0.15) is 43.6 Å². The van der Waals surface area contributed by atoms with Gasteiger partial charge in [-0.05, 0) is 31.0 Å². The van der Waals surface area contributed by atoms with Gasteiger partial charge in [-0.15, -0.1) is 0 Å². The van der Waals surface area contributed by atoms with Gasteiger partial charge in [0.15, 0.2) is 5.13 Å². The van der Waals surface area contributed by atoms with Crippen LogP contribution in [0.25, 0.3) is 10.2 Å². The number of aliphatic hydroxyl groups is 1. The molecule has 3 aromatic rings. The number of ether oxygens (including phenoxy) is 1. The third kappa shape index (κ3) is 4.83. The predicted molar refractivity (Wildman–Crippen MR) is 116 cm³/mol. The van der Waals surface area contributed by atoms with E-state index in [1.165, 1.54) is 11.3 Å². The molecule has 154 valence electrons. The summed E-state index contributed by atoms with van der Waals surface area (Å²) in [6.45, 7) is 0. The molecule has 3 N–H and O–H groups in total. The molecule has 2 heterocycles. The number of anilines is 1. The van der Waals surface area contributed by atoms with Gasteiger partial charge in [0.1, 0.15) is 17.2 Å². The molecule has 7 nitrogen and oxygen atoms in total. The standard InChI is InChI=1S/C20H22N4O3S.CH4/c1-21-19(26)16-10-13(8-9-22-16)27-12-6-7-15-18(11-12)28-20(24-15)23-14-4-2-3-5-17(14)25;/h6-11,14,17,25H,2-5H2,1H3,(H,21,26)(H,23,24);1H4/t14-,17+;/m0./s1. The molecular weight excluding hydrogens is 388 g/mol. The quantitative estimate of drug-likeness (QED) is 0.579. The van der Waals surface area contributed by atoms with Crippen LogP contribution in [0.5, 0.6) is 11.5 Å². The maximum absolute atomic E-state index is 11.7. The first-order valence-electron chi connectivity index (χ1n) is 9.33. The van der Waals surface area contributed by atoms with E-state index in [9.17, 15) is 9.90 Å². The van der Waals surface area contributed by atoms with Crippen LogP contribution in [0.3, 0.4) is 0 Å². The predicted octanol–water partition coefficient (Wildman–Crippen LogP) is 4.19. The lowest BCUT2D eigenvalue weighted by atomic mass is 9.93. The molecule has 0 bridgehead atoms. The third-order valence-corrected chi connectivity index (χ3v) is 5.77. The smallest absolute Gasteiger partial charge is 0.269 e. The highest BCUT2D eigenvalue weighted by Crippen LogP contribution is 2.32. The van der Waals surface area contributed by atoms with Crippen LogP contribution in [-0.4, -0.2) is 40.2 Å². The van der Waals surface area contributed by atoms with E-state index in [4.69, 9.17) is 4.74 Å². The van der Waals surface area contributed by atoms with Crippen LogP contribution in [0, 0.1) is 0 Å². The molecule has 8 heteroatoms. The van der Waals surface area contributed by atoms with Crippen molar-refractivity contribution in [3.05, 3.63) is 42.2 Å². The fourth-order valence-corrected chi connectivity index (χ4v) is 4.29. The third-order valence-electron chi connectivity index (χ3n) is 4.83. The minimum atomic E-state index is -0.319. The SMILES string of the molecule is C.CNC(=O)c1cc(Oc2ccc3nc(N[C@H]4CCCC[C@H]4O)sc3c2)ccn1. The zero-order valence-corrected chi connectivity index (χ0v) is 16.3. The van der Waals surface area contributed by atoms with Crippen molar-refractivity contribution in [2.45, 2.75) is 45.3 Å². The molecule has 29 heavy (non-hydrogen) atoms. The molecule has 2 aromatic heterocycles. The lowest BCUT2D eigenvalue weighted by molar-refractivity contribution is 0.0957. The highest BCUT2D eigenvalue weighted by atomic mass is 32.1. The number of fused-ring (bicyclic) bond motifs is 1. The molecule has 2 atom stereocenters. The second kappa shape index (κ2) is 9.19. The lowest BCUT2D eigenvalue weighted by Gasteiger charge is -2.27. The van der Waals surface area contributed by atoms with Crippen molar-refractivity contribution in [2.75, 3.05) is 12.4 Å². The van der Waals surface area contributed by atoms with E-state index in [1.54, 1.807) is 25.4 Å². The summed E-state index contributed by atoms with van der Waals surface area (Å²) in [5.74, 6) is 0.944. The first kappa shape index (κ1) is 21.0. The summed E-state index contributed by atoms with van der Waals surface area (Å²) >= 11 is 1.54. The molecule has 1 fully saturated rings. The molecule has 0 radical (unpaired) electrons. The zero-order valence-electron chi connectivity index (χ0n) is 15.5. The minimum absolute atomic E-state index is 0. The number of rotatable bonds is 5. The summed E-state index contributed by atoms with van der Waals surface area (Å²) in [5.41, 5.74) is 1.18. The molecule has 1 aliphatic rings. The first-order chi connectivity index (χ1) is 13.6.